The first-order valence-corrected chi connectivity index (χ1v) is 8.09. The highest BCUT2D eigenvalue weighted by molar-refractivity contribution is 5.95. The molecule has 27 heavy (non-hydrogen) atoms. The third-order valence-corrected chi connectivity index (χ3v) is 3.51. The zero-order valence-electron chi connectivity index (χ0n) is 14.5. The largest absolute Gasteiger partial charge is 0.459 e. The van der Waals surface area contributed by atoms with Gasteiger partial charge in [0, 0.05) is 6.54 Å². The van der Waals surface area contributed by atoms with Crippen molar-refractivity contribution >= 4 is 11.8 Å². The van der Waals surface area contributed by atoms with Crippen molar-refractivity contribution in [2.24, 2.45) is 0 Å². The summed E-state index contributed by atoms with van der Waals surface area (Å²) < 4.78 is 45.6. The number of ether oxygens (including phenoxy) is 1. The summed E-state index contributed by atoms with van der Waals surface area (Å²) in [5.41, 5.74) is 1.35. The highest BCUT2D eigenvalue weighted by Gasteiger charge is 2.27. The normalized spacial score (nSPS) is 12.4. The number of nitrogens with one attached hydrogen (secondary N) is 2. The van der Waals surface area contributed by atoms with Gasteiger partial charge in [-0.05, 0) is 30.2 Å². The molecule has 9 heteroatoms. The number of amides is 2. The Labute approximate surface area is 153 Å². The molecular formula is C18H19F3N2O4. The molecule has 0 fully saturated rings. The van der Waals surface area contributed by atoms with E-state index in [1.54, 1.807) is 30.3 Å². The van der Waals surface area contributed by atoms with Crippen molar-refractivity contribution in [3.63, 3.8) is 0 Å². The monoisotopic (exact) mass is 384 g/mol. The third kappa shape index (κ3) is 7.14. The fourth-order valence-electron chi connectivity index (χ4n) is 2.12. The number of hydrogen-bond donors (Lipinski definition) is 2. The quantitative estimate of drug-likeness (QED) is 0.734. The van der Waals surface area contributed by atoms with E-state index in [2.05, 4.69) is 15.4 Å². The van der Waals surface area contributed by atoms with Crippen molar-refractivity contribution in [1.29, 1.82) is 0 Å². The SMILES string of the molecule is CC(NC(=O)c1ccco1)C(=O)NCc1ccc(COCC(F)(F)F)cc1. The summed E-state index contributed by atoms with van der Waals surface area (Å²) in [5.74, 6) is -0.767. The van der Waals surface area contributed by atoms with E-state index in [1.165, 1.54) is 19.3 Å². The fraction of sp³-hybridized carbons (Fsp3) is 0.333. The van der Waals surface area contributed by atoms with Crippen LogP contribution in [-0.4, -0.2) is 30.6 Å². The standard InChI is InChI=1S/C18H19F3N2O4/c1-12(23-17(25)15-3-2-8-27-15)16(24)22-9-13-4-6-14(7-5-13)10-26-11-18(19,20)21/h2-8,12H,9-11H2,1H3,(H,22,24)(H,23,25). The van der Waals surface area contributed by atoms with E-state index >= 15 is 0 Å². The highest BCUT2D eigenvalue weighted by atomic mass is 19.4. The van der Waals surface area contributed by atoms with Crippen molar-refractivity contribution in [2.75, 3.05) is 6.61 Å². The second kappa shape index (κ2) is 9.22. The van der Waals surface area contributed by atoms with Gasteiger partial charge in [0.25, 0.3) is 5.91 Å². The lowest BCUT2D eigenvalue weighted by atomic mass is 10.1. The van der Waals surface area contributed by atoms with Gasteiger partial charge in [-0.2, -0.15) is 13.2 Å². The van der Waals surface area contributed by atoms with Crippen molar-refractivity contribution in [1.82, 2.24) is 10.6 Å². The summed E-state index contributed by atoms with van der Waals surface area (Å²) in [6.07, 6.45) is -3.00. The number of halogens is 3. The smallest absolute Gasteiger partial charge is 0.411 e. The van der Waals surface area contributed by atoms with Gasteiger partial charge >= 0.3 is 6.18 Å². The molecule has 1 aromatic heterocycles. The maximum Gasteiger partial charge on any atom is 0.411 e. The van der Waals surface area contributed by atoms with Gasteiger partial charge < -0.3 is 19.8 Å². The number of furan rings is 1. The van der Waals surface area contributed by atoms with E-state index < -0.39 is 24.7 Å². The molecule has 0 aliphatic carbocycles. The average Bonchev–Trinajstić information content (AvgIpc) is 3.14. The predicted molar refractivity (Wildman–Crippen MR) is 89.6 cm³/mol. The van der Waals surface area contributed by atoms with Crippen molar-refractivity contribution in [3.05, 3.63) is 59.5 Å². The first-order chi connectivity index (χ1) is 12.7. The lowest BCUT2D eigenvalue weighted by Crippen LogP contribution is -2.44. The van der Waals surface area contributed by atoms with Crippen molar-refractivity contribution in [2.45, 2.75) is 32.3 Å². The molecule has 146 valence electrons. The molecule has 0 aliphatic rings. The highest BCUT2D eigenvalue weighted by Crippen LogP contribution is 2.15. The van der Waals surface area contributed by atoms with Crippen LogP contribution in [-0.2, 0) is 22.7 Å². The van der Waals surface area contributed by atoms with Crippen LogP contribution >= 0.6 is 0 Å². The van der Waals surface area contributed by atoms with Crippen LogP contribution in [0.2, 0.25) is 0 Å². The van der Waals surface area contributed by atoms with Gasteiger partial charge in [0.05, 0.1) is 12.9 Å². The number of carbonyl (C=O) groups is 2. The van der Waals surface area contributed by atoms with Crippen LogP contribution in [0.3, 0.4) is 0 Å². The lowest BCUT2D eigenvalue weighted by Gasteiger charge is -2.13. The molecule has 0 bridgehead atoms. The van der Waals surface area contributed by atoms with Gasteiger partial charge in [-0.3, -0.25) is 9.59 Å². The minimum Gasteiger partial charge on any atom is -0.459 e. The molecule has 0 radical (unpaired) electrons. The molecular weight excluding hydrogens is 365 g/mol. The number of rotatable bonds is 8. The molecule has 2 rings (SSSR count). The summed E-state index contributed by atoms with van der Waals surface area (Å²) >= 11 is 0. The molecule has 0 saturated carbocycles. The first kappa shape index (κ1) is 20.5. The molecule has 1 heterocycles. The zero-order chi connectivity index (χ0) is 19.9. The van der Waals surface area contributed by atoms with Crippen LogP contribution in [0.1, 0.15) is 28.6 Å². The summed E-state index contributed by atoms with van der Waals surface area (Å²) in [7, 11) is 0. The van der Waals surface area contributed by atoms with Gasteiger partial charge in [-0.1, -0.05) is 24.3 Å². The summed E-state index contributed by atoms with van der Waals surface area (Å²) in [6, 6.07) is 8.90. The Morgan fingerprint density at radius 2 is 1.81 bits per heavy atom. The summed E-state index contributed by atoms with van der Waals surface area (Å²) in [6.45, 7) is 0.301. The first-order valence-electron chi connectivity index (χ1n) is 8.09. The number of carbonyl (C=O) groups excluding carboxylic acids is 2. The van der Waals surface area contributed by atoms with Crippen LogP contribution in [0, 0.1) is 0 Å². The summed E-state index contributed by atoms with van der Waals surface area (Å²) in [4.78, 5) is 23.9. The average molecular weight is 384 g/mol. The maximum absolute atomic E-state index is 12.0. The number of alkyl halides is 3. The van der Waals surface area contributed by atoms with E-state index in [0.29, 0.717) is 5.56 Å². The van der Waals surface area contributed by atoms with Crippen LogP contribution < -0.4 is 10.6 Å². The zero-order valence-corrected chi connectivity index (χ0v) is 14.5. The molecule has 1 atom stereocenters. The Hall–Kier alpha value is -2.81. The Balaban J connectivity index is 1.75. The minimum atomic E-state index is -4.35. The number of benzene rings is 1. The van der Waals surface area contributed by atoms with E-state index in [4.69, 9.17) is 4.42 Å². The van der Waals surface area contributed by atoms with Gasteiger partial charge in [0.15, 0.2) is 5.76 Å². The van der Waals surface area contributed by atoms with Gasteiger partial charge in [0.2, 0.25) is 5.91 Å². The Kier molecular flexibility index (Phi) is 7.00. The minimum absolute atomic E-state index is 0.109. The van der Waals surface area contributed by atoms with E-state index in [9.17, 15) is 22.8 Å². The van der Waals surface area contributed by atoms with Gasteiger partial charge in [-0.25, -0.2) is 0 Å². The molecule has 0 spiro atoms. The Morgan fingerprint density at radius 3 is 2.41 bits per heavy atom. The second-order valence-corrected chi connectivity index (χ2v) is 5.81. The fourth-order valence-corrected chi connectivity index (χ4v) is 2.12. The molecule has 2 aromatic rings. The summed E-state index contributed by atoms with van der Waals surface area (Å²) in [5, 5.41) is 5.18. The predicted octanol–water partition coefficient (Wildman–Crippen LogP) is 2.79. The Morgan fingerprint density at radius 1 is 1.15 bits per heavy atom. The lowest BCUT2D eigenvalue weighted by molar-refractivity contribution is -0.176. The van der Waals surface area contributed by atoms with Crippen LogP contribution in [0.25, 0.3) is 0 Å². The molecule has 0 aliphatic heterocycles. The molecule has 1 aromatic carbocycles. The topological polar surface area (TPSA) is 80.6 Å². The molecule has 1 unspecified atom stereocenters. The van der Waals surface area contributed by atoms with Crippen LogP contribution in [0.4, 0.5) is 13.2 Å². The van der Waals surface area contributed by atoms with Gasteiger partial charge in [-0.15, -0.1) is 0 Å². The molecule has 2 amide bonds. The van der Waals surface area contributed by atoms with Crippen LogP contribution in [0.15, 0.2) is 47.1 Å². The Bertz CT molecular complexity index is 743. The van der Waals surface area contributed by atoms with Crippen molar-refractivity contribution in [3.8, 4) is 0 Å². The molecule has 2 N–H and O–H groups in total. The van der Waals surface area contributed by atoms with Crippen LogP contribution in [0.5, 0.6) is 0 Å². The molecule has 0 saturated heterocycles. The van der Waals surface area contributed by atoms with Gasteiger partial charge in [0.1, 0.15) is 12.6 Å². The number of hydrogen-bond acceptors (Lipinski definition) is 4. The van der Waals surface area contributed by atoms with E-state index in [0.717, 1.165) is 5.56 Å². The van der Waals surface area contributed by atoms with Crippen molar-refractivity contribution < 1.29 is 31.9 Å². The van der Waals surface area contributed by atoms with E-state index in [1.807, 2.05) is 0 Å². The molecule has 6 nitrogen and oxygen atoms in total. The third-order valence-electron chi connectivity index (χ3n) is 3.51. The maximum atomic E-state index is 12.0. The van der Waals surface area contributed by atoms with E-state index in [-0.39, 0.29) is 24.8 Å². The second-order valence-electron chi connectivity index (χ2n) is 5.81.